The number of aryl methyl sites for hydroxylation is 2. The van der Waals surface area contributed by atoms with Gasteiger partial charge in [0.1, 0.15) is 17.7 Å². The molecule has 3 rings (SSSR count). The lowest BCUT2D eigenvalue weighted by atomic mass is 9.92. The van der Waals surface area contributed by atoms with Crippen LogP contribution in [-0.4, -0.2) is 46.5 Å². The summed E-state index contributed by atoms with van der Waals surface area (Å²) in [4.78, 5) is 43.1. The molecule has 2 aromatic carbocycles. The highest BCUT2D eigenvalue weighted by Crippen LogP contribution is 2.30. The molecule has 40 heavy (non-hydrogen) atoms. The van der Waals surface area contributed by atoms with Crippen molar-refractivity contribution in [3.8, 4) is 0 Å². The fourth-order valence-electron chi connectivity index (χ4n) is 5.44. The van der Waals surface area contributed by atoms with Gasteiger partial charge in [0.2, 0.25) is 11.8 Å². The summed E-state index contributed by atoms with van der Waals surface area (Å²) in [5.41, 5.74) is 3.00. The molecule has 0 aliphatic heterocycles. The van der Waals surface area contributed by atoms with E-state index in [1.54, 1.807) is 25.7 Å². The minimum Gasteiger partial charge on any atom is -0.444 e. The number of hydrogen-bond acceptors (Lipinski definition) is 4. The second-order valence-electron chi connectivity index (χ2n) is 12.3. The average Bonchev–Trinajstić information content (AvgIpc) is 2.87. The third-order valence-corrected chi connectivity index (χ3v) is 7.28. The largest absolute Gasteiger partial charge is 0.444 e. The molecule has 7 heteroatoms. The predicted molar refractivity (Wildman–Crippen MR) is 159 cm³/mol. The molecule has 0 heterocycles. The van der Waals surface area contributed by atoms with Crippen LogP contribution in [0.3, 0.4) is 0 Å². The van der Waals surface area contributed by atoms with Gasteiger partial charge in [0.25, 0.3) is 0 Å². The van der Waals surface area contributed by atoms with Gasteiger partial charge in [0, 0.05) is 18.5 Å². The standard InChI is InChI=1S/C33H47N3O4/c1-22(2)36(31(38)28(21-25-14-10-8-11-15-25)35-32(39)40-33(5,6)7)29(27-19-18-23(3)20-24(27)4)30(37)34-26-16-12-9-13-17-26/h8,10-11,14-15,18-20,22,26,28-29H,9,12-13,16-17,21H2,1-7H3,(H,34,37)(H,35,39). The van der Waals surface area contributed by atoms with Crippen LogP contribution in [0.2, 0.25) is 0 Å². The van der Waals surface area contributed by atoms with E-state index >= 15 is 0 Å². The Hall–Kier alpha value is -3.35. The van der Waals surface area contributed by atoms with Gasteiger partial charge in [-0.1, -0.05) is 73.4 Å². The number of nitrogens with zero attached hydrogens (tertiary/aromatic N) is 1. The topological polar surface area (TPSA) is 87.7 Å². The van der Waals surface area contributed by atoms with Crippen LogP contribution in [0.15, 0.2) is 48.5 Å². The summed E-state index contributed by atoms with van der Waals surface area (Å²) in [6, 6.07) is 13.6. The van der Waals surface area contributed by atoms with E-state index < -0.39 is 23.8 Å². The maximum absolute atomic E-state index is 14.5. The van der Waals surface area contributed by atoms with Crippen LogP contribution in [0, 0.1) is 13.8 Å². The highest BCUT2D eigenvalue weighted by molar-refractivity contribution is 5.92. The third kappa shape index (κ3) is 8.83. The zero-order valence-electron chi connectivity index (χ0n) is 25.3. The number of amides is 3. The van der Waals surface area contributed by atoms with Crippen LogP contribution >= 0.6 is 0 Å². The Bertz CT molecular complexity index is 1150. The van der Waals surface area contributed by atoms with Crippen molar-refractivity contribution in [2.45, 2.75) is 117 Å². The Morgan fingerprint density at radius 3 is 2.20 bits per heavy atom. The summed E-state index contributed by atoms with van der Waals surface area (Å²) in [6.07, 6.45) is 4.85. The summed E-state index contributed by atoms with van der Waals surface area (Å²) in [7, 11) is 0. The van der Waals surface area contributed by atoms with Gasteiger partial charge in [-0.15, -0.1) is 0 Å². The van der Waals surface area contributed by atoms with Crippen LogP contribution in [0.1, 0.15) is 95.0 Å². The lowest BCUT2D eigenvalue weighted by molar-refractivity contribution is -0.145. The van der Waals surface area contributed by atoms with Crippen LogP contribution in [0.4, 0.5) is 4.79 Å². The number of carbonyl (C=O) groups is 3. The van der Waals surface area contributed by atoms with Crippen LogP contribution in [-0.2, 0) is 20.7 Å². The van der Waals surface area contributed by atoms with E-state index in [1.807, 2.05) is 76.2 Å². The number of hydrogen-bond donors (Lipinski definition) is 2. The van der Waals surface area contributed by atoms with Crippen molar-refractivity contribution in [3.63, 3.8) is 0 Å². The van der Waals surface area contributed by atoms with E-state index in [0.717, 1.165) is 47.9 Å². The molecule has 7 nitrogen and oxygen atoms in total. The molecule has 0 radical (unpaired) electrons. The first kappa shape index (κ1) is 31.2. The maximum Gasteiger partial charge on any atom is 0.408 e. The second kappa shape index (κ2) is 13.8. The Morgan fingerprint density at radius 1 is 0.975 bits per heavy atom. The van der Waals surface area contributed by atoms with Gasteiger partial charge in [0.15, 0.2) is 0 Å². The van der Waals surface area contributed by atoms with Crippen molar-refractivity contribution < 1.29 is 19.1 Å². The summed E-state index contributed by atoms with van der Waals surface area (Å²) in [6.45, 7) is 13.2. The van der Waals surface area contributed by atoms with Crippen molar-refractivity contribution in [1.29, 1.82) is 0 Å². The van der Waals surface area contributed by atoms with E-state index in [9.17, 15) is 14.4 Å². The number of rotatable bonds is 9. The molecule has 2 aromatic rings. The first-order valence-corrected chi connectivity index (χ1v) is 14.6. The van der Waals surface area contributed by atoms with Crippen molar-refractivity contribution in [2.75, 3.05) is 0 Å². The molecule has 3 amide bonds. The van der Waals surface area contributed by atoms with E-state index in [1.165, 1.54) is 6.42 Å². The molecule has 1 aliphatic carbocycles. The van der Waals surface area contributed by atoms with Gasteiger partial charge in [-0.25, -0.2) is 4.79 Å². The number of benzene rings is 2. The van der Waals surface area contributed by atoms with Gasteiger partial charge in [-0.05, 0) is 78.0 Å². The highest BCUT2D eigenvalue weighted by Gasteiger charge is 2.39. The van der Waals surface area contributed by atoms with Gasteiger partial charge < -0.3 is 20.3 Å². The normalized spacial score (nSPS) is 15.7. The van der Waals surface area contributed by atoms with Gasteiger partial charge in [-0.2, -0.15) is 0 Å². The predicted octanol–water partition coefficient (Wildman–Crippen LogP) is 6.17. The monoisotopic (exact) mass is 549 g/mol. The molecule has 1 fully saturated rings. The Kier molecular flexibility index (Phi) is 10.8. The maximum atomic E-state index is 14.5. The van der Waals surface area contributed by atoms with E-state index in [4.69, 9.17) is 4.74 Å². The first-order valence-electron chi connectivity index (χ1n) is 14.6. The molecule has 218 valence electrons. The van der Waals surface area contributed by atoms with Crippen LogP contribution in [0.5, 0.6) is 0 Å². The Labute approximate surface area is 240 Å². The smallest absolute Gasteiger partial charge is 0.408 e. The average molecular weight is 550 g/mol. The minimum absolute atomic E-state index is 0.0959. The molecule has 0 saturated heterocycles. The molecule has 2 atom stereocenters. The lowest BCUT2D eigenvalue weighted by Crippen LogP contribution is -2.56. The number of alkyl carbamates (subject to hydrolysis) is 1. The fraction of sp³-hybridized carbons (Fsp3) is 0.545. The Balaban J connectivity index is 2.02. The van der Waals surface area contributed by atoms with Crippen molar-refractivity contribution >= 4 is 17.9 Å². The summed E-state index contributed by atoms with van der Waals surface area (Å²) in [5.74, 6) is -0.509. The summed E-state index contributed by atoms with van der Waals surface area (Å²) >= 11 is 0. The molecule has 1 saturated carbocycles. The van der Waals surface area contributed by atoms with Crippen molar-refractivity contribution in [2.24, 2.45) is 0 Å². The molecule has 1 aliphatic rings. The second-order valence-corrected chi connectivity index (χ2v) is 12.3. The minimum atomic E-state index is -0.921. The zero-order valence-corrected chi connectivity index (χ0v) is 25.3. The highest BCUT2D eigenvalue weighted by atomic mass is 16.6. The molecule has 2 N–H and O–H groups in total. The Morgan fingerprint density at radius 2 is 1.62 bits per heavy atom. The number of carbonyl (C=O) groups excluding carboxylic acids is 3. The summed E-state index contributed by atoms with van der Waals surface area (Å²) in [5, 5.41) is 6.09. The lowest BCUT2D eigenvalue weighted by Gasteiger charge is -2.38. The molecule has 0 spiro atoms. The SMILES string of the molecule is Cc1ccc(C(C(=O)NC2CCCCC2)N(C(=O)C(Cc2ccccc2)NC(=O)OC(C)(C)C)C(C)C)c(C)c1. The number of ether oxygens (including phenoxy) is 1. The first-order chi connectivity index (χ1) is 18.9. The molecule has 2 unspecified atom stereocenters. The molecular weight excluding hydrogens is 502 g/mol. The zero-order chi connectivity index (χ0) is 29.4. The van der Waals surface area contributed by atoms with Crippen molar-refractivity contribution in [1.82, 2.24) is 15.5 Å². The van der Waals surface area contributed by atoms with E-state index in [-0.39, 0.29) is 30.3 Å². The number of nitrogens with one attached hydrogen (secondary N) is 2. The molecule has 0 bridgehead atoms. The molecular formula is C33H47N3O4. The molecule has 0 aromatic heterocycles. The van der Waals surface area contributed by atoms with Gasteiger partial charge in [0.05, 0.1) is 0 Å². The quantitative estimate of drug-likeness (QED) is 0.392. The van der Waals surface area contributed by atoms with Crippen LogP contribution < -0.4 is 10.6 Å². The third-order valence-electron chi connectivity index (χ3n) is 7.28. The van der Waals surface area contributed by atoms with E-state index in [0.29, 0.717) is 0 Å². The van der Waals surface area contributed by atoms with Gasteiger partial charge in [-0.3, -0.25) is 9.59 Å². The van der Waals surface area contributed by atoms with Gasteiger partial charge >= 0.3 is 6.09 Å². The van der Waals surface area contributed by atoms with E-state index in [2.05, 4.69) is 10.6 Å². The summed E-state index contributed by atoms with van der Waals surface area (Å²) < 4.78 is 5.52. The van der Waals surface area contributed by atoms with Crippen molar-refractivity contribution in [3.05, 3.63) is 70.8 Å². The fourth-order valence-corrected chi connectivity index (χ4v) is 5.44. The van der Waals surface area contributed by atoms with Crippen LogP contribution in [0.25, 0.3) is 0 Å².